The van der Waals surface area contributed by atoms with Crippen LogP contribution in [-0.4, -0.2) is 6.36 Å². The Hall–Kier alpha value is -2.12. The van der Waals surface area contributed by atoms with Crippen LogP contribution >= 0.6 is 23.5 Å². The van der Waals surface area contributed by atoms with E-state index in [1.165, 1.54) is 35.5 Å². The summed E-state index contributed by atoms with van der Waals surface area (Å²) >= 11 is 2.47. The topological polar surface area (TPSA) is 9.23 Å². The highest BCUT2D eigenvalue weighted by atomic mass is 32.2. The number of benzene rings is 3. The number of halogens is 4. The molecule has 0 atom stereocenters. The first-order valence-electron chi connectivity index (χ1n) is 8.81. The lowest BCUT2D eigenvalue weighted by Gasteiger charge is -2.14. The van der Waals surface area contributed by atoms with Crippen LogP contribution in [0.15, 0.2) is 86.3 Å². The first-order chi connectivity index (χ1) is 13.7. The third-order valence-electron chi connectivity index (χ3n) is 3.98. The molecule has 0 saturated carbocycles. The van der Waals surface area contributed by atoms with Gasteiger partial charge in [-0.15, -0.1) is 13.2 Å². The van der Waals surface area contributed by atoms with E-state index >= 15 is 0 Å². The van der Waals surface area contributed by atoms with Gasteiger partial charge < -0.3 is 4.74 Å². The molecule has 0 bridgehead atoms. The van der Waals surface area contributed by atoms with Crippen molar-refractivity contribution >= 4 is 23.5 Å². The van der Waals surface area contributed by atoms with Crippen LogP contribution in [0.2, 0.25) is 0 Å². The average Bonchev–Trinajstić information content (AvgIpc) is 2.65. The molecule has 0 unspecified atom stereocenters. The summed E-state index contributed by atoms with van der Waals surface area (Å²) in [5.74, 6) is -0.368. The van der Waals surface area contributed by atoms with Crippen LogP contribution in [0.5, 0.6) is 5.75 Å². The summed E-state index contributed by atoms with van der Waals surface area (Å²) in [5.41, 5.74) is 1.20. The maximum Gasteiger partial charge on any atom is 0.573 e. The molecule has 3 rings (SSSR count). The van der Waals surface area contributed by atoms with E-state index in [9.17, 15) is 17.6 Å². The van der Waals surface area contributed by atoms with Gasteiger partial charge in [0, 0.05) is 19.6 Å². The van der Waals surface area contributed by atoms with E-state index in [4.69, 9.17) is 0 Å². The van der Waals surface area contributed by atoms with Crippen LogP contribution in [0.25, 0.3) is 0 Å². The van der Waals surface area contributed by atoms with Gasteiger partial charge in [-0.1, -0.05) is 61.6 Å². The van der Waals surface area contributed by atoms with Gasteiger partial charge in [0.25, 0.3) is 0 Å². The number of rotatable bonds is 6. The van der Waals surface area contributed by atoms with E-state index in [1.54, 1.807) is 24.3 Å². The van der Waals surface area contributed by atoms with Crippen molar-refractivity contribution in [1.82, 2.24) is 0 Å². The molecule has 0 aliphatic heterocycles. The van der Waals surface area contributed by atoms with Crippen molar-refractivity contribution in [1.29, 1.82) is 0 Å². The van der Waals surface area contributed by atoms with Gasteiger partial charge in [-0.2, -0.15) is 0 Å². The predicted octanol–water partition coefficient (Wildman–Crippen LogP) is 8.15. The molecule has 7 heteroatoms. The maximum atomic E-state index is 14.1. The third kappa shape index (κ3) is 6.18. The molecule has 0 amide bonds. The Kier molecular flexibility index (Phi) is 6.80. The largest absolute Gasteiger partial charge is 0.573 e. The van der Waals surface area contributed by atoms with Crippen molar-refractivity contribution < 1.29 is 22.3 Å². The highest BCUT2D eigenvalue weighted by molar-refractivity contribution is 8.02. The highest BCUT2D eigenvalue weighted by Crippen LogP contribution is 2.42. The van der Waals surface area contributed by atoms with Crippen molar-refractivity contribution in [2.45, 2.75) is 45.7 Å². The zero-order valence-electron chi connectivity index (χ0n) is 15.7. The van der Waals surface area contributed by atoms with Gasteiger partial charge >= 0.3 is 6.36 Å². The minimum Gasteiger partial charge on any atom is -0.406 e. The second kappa shape index (κ2) is 9.13. The quantitative estimate of drug-likeness (QED) is 0.359. The second-order valence-electron chi connectivity index (χ2n) is 6.51. The summed E-state index contributed by atoms with van der Waals surface area (Å²) in [4.78, 5) is 2.46. The molecule has 29 heavy (non-hydrogen) atoms. The van der Waals surface area contributed by atoms with Gasteiger partial charge in [-0.25, -0.2) is 4.39 Å². The molecular weight excluding hydrogens is 420 g/mol. The molecule has 0 aromatic heterocycles. The lowest BCUT2D eigenvalue weighted by atomic mass is 10.0. The van der Waals surface area contributed by atoms with Crippen LogP contribution in [0, 0.1) is 5.82 Å². The van der Waals surface area contributed by atoms with Gasteiger partial charge in [0.15, 0.2) is 0 Å². The zero-order valence-corrected chi connectivity index (χ0v) is 17.3. The fraction of sp³-hybridized carbons (Fsp3) is 0.182. The average molecular weight is 439 g/mol. The third-order valence-corrected chi connectivity index (χ3v) is 6.30. The minimum absolute atomic E-state index is 0.327. The van der Waals surface area contributed by atoms with Crippen molar-refractivity contribution in [3.05, 3.63) is 78.1 Å². The Balaban J connectivity index is 1.93. The van der Waals surface area contributed by atoms with E-state index in [0.717, 1.165) is 16.7 Å². The Morgan fingerprint density at radius 3 is 2.10 bits per heavy atom. The molecule has 1 nitrogen and oxygen atoms in total. The summed E-state index contributed by atoms with van der Waals surface area (Å²) in [6.07, 6.45) is -4.79. The highest BCUT2D eigenvalue weighted by Gasteiger charge is 2.31. The standard InChI is InChI=1S/C22H18F4OS2/c1-14(2)15-7-10-17(11-8-15)28-20-12-9-16(27-22(24,25)26)13-21(20)29-19-6-4-3-5-18(19)23/h3-14H,1-2H3. The van der Waals surface area contributed by atoms with Crippen molar-refractivity contribution in [2.24, 2.45) is 0 Å². The first-order valence-corrected chi connectivity index (χ1v) is 10.4. The Labute approximate surface area is 175 Å². The van der Waals surface area contributed by atoms with Gasteiger partial charge in [-0.05, 0) is 53.9 Å². The molecule has 0 heterocycles. The first kappa shape index (κ1) is 21.6. The Bertz CT molecular complexity index is 969. The zero-order chi connectivity index (χ0) is 21.0. The summed E-state index contributed by atoms with van der Waals surface area (Å²) in [6.45, 7) is 4.20. The molecule has 3 aromatic carbocycles. The summed E-state index contributed by atoms with van der Waals surface area (Å²) in [7, 11) is 0. The van der Waals surface area contributed by atoms with Crippen molar-refractivity contribution in [3.63, 3.8) is 0 Å². The number of alkyl halides is 3. The fourth-order valence-corrected chi connectivity index (χ4v) is 4.51. The monoisotopic (exact) mass is 438 g/mol. The molecular formula is C22H18F4OS2. The second-order valence-corrected chi connectivity index (χ2v) is 8.71. The van der Waals surface area contributed by atoms with Gasteiger partial charge in [-0.3, -0.25) is 0 Å². The van der Waals surface area contributed by atoms with E-state index in [1.807, 2.05) is 24.3 Å². The normalized spacial score (nSPS) is 11.7. The summed E-state index contributed by atoms with van der Waals surface area (Å²) < 4.78 is 56.0. The molecule has 0 aliphatic carbocycles. The number of hydrogen-bond donors (Lipinski definition) is 0. The van der Waals surface area contributed by atoms with Gasteiger partial charge in [0.05, 0.1) is 0 Å². The molecule has 0 saturated heterocycles. The van der Waals surface area contributed by atoms with E-state index in [2.05, 4.69) is 18.6 Å². The lowest BCUT2D eigenvalue weighted by molar-refractivity contribution is -0.274. The molecule has 0 aliphatic rings. The summed E-state index contributed by atoms with van der Waals surface area (Å²) in [6, 6.07) is 18.3. The van der Waals surface area contributed by atoms with E-state index in [0.29, 0.717) is 20.6 Å². The molecule has 3 aromatic rings. The van der Waals surface area contributed by atoms with Crippen LogP contribution in [0.1, 0.15) is 25.3 Å². The lowest BCUT2D eigenvalue weighted by Crippen LogP contribution is -2.17. The van der Waals surface area contributed by atoms with Crippen molar-refractivity contribution in [2.75, 3.05) is 0 Å². The molecule has 0 fully saturated rings. The number of ether oxygens (including phenoxy) is 1. The van der Waals surface area contributed by atoms with E-state index in [-0.39, 0.29) is 5.75 Å². The van der Waals surface area contributed by atoms with Crippen LogP contribution < -0.4 is 4.74 Å². The van der Waals surface area contributed by atoms with Crippen LogP contribution in [-0.2, 0) is 0 Å². The van der Waals surface area contributed by atoms with Crippen molar-refractivity contribution in [3.8, 4) is 5.75 Å². The Morgan fingerprint density at radius 1 is 0.793 bits per heavy atom. The van der Waals surface area contributed by atoms with Gasteiger partial charge in [0.1, 0.15) is 11.6 Å². The van der Waals surface area contributed by atoms with Crippen LogP contribution in [0.3, 0.4) is 0 Å². The smallest absolute Gasteiger partial charge is 0.406 e. The fourth-order valence-electron chi connectivity index (χ4n) is 2.54. The SMILES string of the molecule is CC(C)c1ccc(Sc2ccc(OC(F)(F)F)cc2Sc2ccccc2F)cc1. The minimum atomic E-state index is -4.79. The molecule has 152 valence electrons. The summed E-state index contributed by atoms with van der Waals surface area (Å²) in [5, 5.41) is 0. The van der Waals surface area contributed by atoms with Gasteiger partial charge in [0.2, 0.25) is 0 Å². The number of hydrogen-bond acceptors (Lipinski definition) is 3. The maximum absolute atomic E-state index is 14.1. The molecule has 0 radical (unpaired) electrons. The Morgan fingerprint density at radius 2 is 1.48 bits per heavy atom. The van der Waals surface area contributed by atoms with Crippen LogP contribution in [0.4, 0.5) is 17.6 Å². The molecule has 0 spiro atoms. The predicted molar refractivity (Wildman–Crippen MR) is 108 cm³/mol. The molecule has 0 N–H and O–H groups in total. The van der Waals surface area contributed by atoms with E-state index < -0.39 is 12.2 Å².